The van der Waals surface area contributed by atoms with E-state index in [9.17, 15) is 9.59 Å². The van der Waals surface area contributed by atoms with E-state index in [1.807, 2.05) is 38.4 Å². The van der Waals surface area contributed by atoms with E-state index in [4.69, 9.17) is 10.5 Å². The minimum Gasteiger partial charge on any atom is -0.493 e. The average molecular weight is 525 g/mol. The number of quaternary nitrogens is 1. The number of hydrogen-bond acceptors (Lipinski definition) is 4. The van der Waals surface area contributed by atoms with E-state index in [0.29, 0.717) is 38.2 Å². The van der Waals surface area contributed by atoms with Crippen molar-refractivity contribution in [2.45, 2.75) is 50.7 Å². The van der Waals surface area contributed by atoms with Gasteiger partial charge in [-0.05, 0) is 46.0 Å². The molecule has 2 amide bonds. The summed E-state index contributed by atoms with van der Waals surface area (Å²) >= 11 is 0. The second-order valence-electron chi connectivity index (χ2n) is 11.1. The lowest BCUT2D eigenvalue weighted by Gasteiger charge is -2.38. The number of ketones is 1. The molecule has 1 fully saturated rings. The van der Waals surface area contributed by atoms with Gasteiger partial charge in [-0.3, -0.25) is 10.1 Å². The maximum absolute atomic E-state index is 13.8. The number of fused-ring (bicyclic) bond motifs is 1. The first-order valence-corrected chi connectivity index (χ1v) is 13.8. The third kappa shape index (κ3) is 5.97. The monoisotopic (exact) mass is 524 g/mol. The number of hydrogen-bond donors (Lipinski definition) is 2. The molecule has 1 aliphatic heterocycles. The zero-order chi connectivity index (χ0) is 27.4. The van der Waals surface area contributed by atoms with Crippen LogP contribution in [0.25, 0.3) is 17.2 Å². The van der Waals surface area contributed by atoms with Crippen LogP contribution in [0.1, 0.15) is 54.8 Å². The largest absolute Gasteiger partial charge is 0.493 e. The van der Waals surface area contributed by atoms with Gasteiger partial charge < -0.3 is 10.5 Å². The summed E-state index contributed by atoms with van der Waals surface area (Å²) in [5.41, 5.74) is 12.2. The molecule has 202 valence electrons. The predicted octanol–water partition coefficient (Wildman–Crippen LogP) is 6.02. The van der Waals surface area contributed by atoms with Crippen molar-refractivity contribution in [3.05, 3.63) is 95.1 Å². The van der Waals surface area contributed by atoms with Crippen molar-refractivity contribution in [3.63, 3.8) is 0 Å². The first kappa shape index (κ1) is 26.9. The summed E-state index contributed by atoms with van der Waals surface area (Å²) in [6.07, 6.45) is 5.47. The zero-order valence-electron chi connectivity index (χ0n) is 22.9. The quantitative estimate of drug-likeness (QED) is 0.387. The number of amides is 2. The molecule has 0 saturated heterocycles. The third-order valence-corrected chi connectivity index (χ3v) is 8.24. The molecule has 1 atom stereocenters. The van der Waals surface area contributed by atoms with Gasteiger partial charge in [0.05, 0.1) is 32.8 Å². The molecule has 6 heteroatoms. The Kier molecular flexibility index (Phi) is 7.96. The molecule has 3 aromatic carbocycles. The zero-order valence-corrected chi connectivity index (χ0v) is 22.9. The highest BCUT2D eigenvalue weighted by Crippen LogP contribution is 2.35. The summed E-state index contributed by atoms with van der Waals surface area (Å²) in [6, 6.07) is 24.5. The second kappa shape index (κ2) is 11.6. The fraction of sp³-hybridized carbons (Fsp3) is 0.333. The smallest absolute Gasteiger partial charge is 0.417 e. The highest BCUT2D eigenvalue weighted by atomic mass is 16.5. The van der Waals surface area contributed by atoms with Crippen LogP contribution in [0.15, 0.2) is 78.4 Å². The fourth-order valence-electron chi connectivity index (χ4n) is 5.65. The van der Waals surface area contributed by atoms with Crippen LogP contribution in [-0.2, 0) is 11.3 Å². The maximum Gasteiger partial charge on any atom is 0.417 e. The summed E-state index contributed by atoms with van der Waals surface area (Å²) in [7, 11) is 3.92. The molecule has 1 saturated carbocycles. The predicted molar refractivity (Wildman–Crippen MR) is 155 cm³/mol. The Balaban J connectivity index is 1.47. The summed E-state index contributed by atoms with van der Waals surface area (Å²) in [4.78, 5) is 25.6. The Morgan fingerprint density at radius 2 is 1.67 bits per heavy atom. The van der Waals surface area contributed by atoms with E-state index in [2.05, 4.69) is 59.9 Å². The van der Waals surface area contributed by atoms with Crippen LogP contribution in [0.3, 0.4) is 0 Å². The topological polar surface area (TPSA) is 81.4 Å². The Morgan fingerprint density at radius 1 is 0.974 bits per heavy atom. The van der Waals surface area contributed by atoms with Gasteiger partial charge in [-0.1, -0.05) is 60.7 Å². The van der Waals surface area contributed by atoms with Gasteiger partial charge in [0.1, 0.15) is 11.5 Å². The highest BCUT2D eigenvalue weighted by molar-refractivity contribution is 5.79. The minimum absolute atomic E-state index is 0.0387. The molecule has 5 rings (SSSR count). The molecule has 2 aliphatic rings. The summed E-state index contributed by atoms with van der Waals surface area (Å²) < 4.78 is 6.36. The van der Waals surface area contributed by atoms with Crippen LogP contribution in [0.5, 0.6) is 5.75 Å². The maximum atomic E-state index is 13.8. The first-order chi connectivity index (χ1) is 18.8. The molecular weight excluding hydrogens is 486 g/mol. The Hall–Kier alpha value is -3.74. The van der Waals surface area contributed by atoms with Crippen LogP contribution >= 0.6 is 0 Å². The van der Waals surface area contributed by atoms with Gasteiger partial charge in [0.2, 0.25) is 0 Å². The van der Waals surface area contributed by atoms with Crippen molar-refractivity contribution < 1.29 is 18.8 Å². The van der Waals surface area contributed by atoms with Crippen LogP contribution in [0, 0.1) is 0 Å². The molecule has 0 spiro atoms. The Bertz CT molecular complexity index is 1350. The third-order valence-electron chi connectivity index (χ3n) is 8.24. The molecule has 0 bridgehead atoms. The molecule has 0 radical (unpaired) electrons. The van der Waals surface area contributed by atoms with E-state index in [1.54, 1.807) is 0 Å². The van der Waals surface area contributed by atoms with Crippen LogP contribution in [0.2, 0.25) is 0 Å². The molecule has 0 aromatic heterocycles. The van der Waals surface area contributed by atoms with Gasteiger partial charge in [0, 0.05) is 44.2 Å². The molecule has 39 heavy (non-hydrogen) atoms. The minimum atomic E-state index is -0.289. The van der Waals surface area contributed by atoms with Gasteiger partial charge in [0.25, 0.3) is 0 Å². The van der Waals surface area contributed by atoms with Gasteiger partial charge >= 0.3 is 6.03 Å². The van der Waals surface area contributed by atoms with Gasteiger partial charge in [-0.15, -0.1) is 0 Å². The lowest BCUT2D eigenvalue weighted by Crippen LogP contribution is -2.59. The van der Waals surface area contributed by atoms with Crippen LogP contribution in [0.4, 0.5) is 4.79 Å². The number of rotatable bonds is 6. The average Bonchev–Trinajstić information content (AvgIpc) is 3.18. The summed E-state index contributed by atoms with van der Waals surface area (Å²) in [5, 5.41) is 3.38. The number of carbonyl (C=O) groups excluding carboxylic acids is 2. The number of Topliss-reactive ketones (excluding diaryl/α,β-unsaturated/α-hetero) is 1. The van der Waals surface area contributed by atoms with Crippen molar-refractivity contribution in [3.8, 4) is 16.9 Å². The Morgan fingerprint density at radius 3 is 2.36 bits per heavy atom. The van der Waals surface area contributed by atoms with Crippen molar-refractivity contribution in [1.82, 2.24) is 5.32 Å². The number of nitrogens with one attached hydrogen (secondary N) is 1. The number of carbonyl (C=O) groups is 2. The van der Waals surface area contributed by atoms with Gasteiger partial charge in [0.15, 0.2) is 0 Å². The van der Waals surface area contributed by atoms with E-state index in [-0.39, 0.29) is 22.6 Å². The standard InChI is InChI=1S/C33H37N3O3/c1-36(2,29-13-15-30(37)16-14-29)33(38)35-32(25-6-4-3-5-7-25)27-18-19-39-31-17-12-26(20-28(31)21-27)24-10-8-23(22-34)9-11-24/h3-12,17,20-21,29,32H,13-16,18-19,22,34H2,1-2H3/p+1. The van der Waals surface area contributed by atoms with Crippen molar-refractivity contribution in [2.75, 3.05) is 20.7 Å². The fourth-order valence-corrected chi connectivity index (χ4v) is 5.65. The Labute approximate surface area is 231 Å². The molecule has 1 unspecified atom stereocenters. The van der Waals surface area contributed by atoms with E-state index < -0.39 is 0 Å². The lowest BCUT2D eigenvalue weighted by molar-refractivity contribution is -0.838. The number of ether oxygens (including phenoxy) is 1. The highest BCUT2D eigenvalue weighted by Gasteiger charge is 2.40. The van der Waals surface area contributed by atoms with Crippen molar-refractivity contribution >= 4 is 17.9 Å². The van der Waals surface area contributed by atoms with Crippen LogP contribution in [-0.4, -0.2) is 43.0 Å². The van der Waals surface area contributed by atoms with E-state index in [0.717, 1.165) is 52.0 Å². The summed E-state index contributed by atoms with van der Waals surface area (Å²) in [5.74, 6) is 1.14. The molecule has 3 aromatic rings. The molecule has 1 heterocycles. The van der Waals surface area contributed by atoms with E-state index in [1.165, 1.54) is 0 Å². The SMILES string of the molecule is C[N+](C)(C(=O)NC(C1=Cc2cc(-c3ccc(CN)cc3)ccc2OCC1)c1ccccc1)C1CCC(=O)CC1. The second-order valence-corrected chi connectivity index (χ2v) is 11.1. The van der Waals surface area contributed by atoms with Gasteiger partial charge in [-0.2, -0.15) is 0 Å². The van der Waals surface area contributed by atoms with Crippen LogP contribution < -0.4 is 15.8 Å². The van der Waals surface area contributed by atoms with Crippen molar-refractivity contribution in [2.24, 2.45) is 5.73 Å². The van der Waals surface area contributed by atoms with Gasteiger partial charge in [-0.25, -0.2) is 9.28 Å². The van der Waals surface area contributed by atoms with Crippen molar-refractivity contribution in [1.29, 1.82) is 0 Å². The molecular formula is C33H38N3O3+. The molecule has 1 aliphatic carbocycles. The molecule has 3 N–H and O–H groups in total. The number of urea groups is 1. The summed E-state index contributed by atoms with van der Waals surface area (Å²) in [6.45, 7) is 1.05. The first-order valence-electron chi connectivity index (χ1n) is 13.8. The normalized spacial score (nSPS) is 16.9. The number of nitrogens with two attached hydrogens (primary N) is 1. The van der Waals surface area contributed by atoms with E-state index >= 15 is 0 Å². The number of benzene rings is 3. The number of nitrogens with zero attached hydrogens (tertiary/aromatic N) is 1. The lowest BCUT2D eigenvalue weighted by atomic mass is 9.92. The molecule has 6 nitrogen and oxygen atoms in total.